The summed E-state index contributed by atoms with van der Waals surface area (Å²) in [6.07, 6.45) is -1.04. The zero-order chi connectivity index (χ0) is 21.7. The Morgan fingerprint density at radius 1 is 1.23 bits per heavy atom. The number of carbonyl (C=O) groups excluding carboxylic acids is 1. The van der Waals surface area contributed by atoms with Gasteiger partial charge in [-0.25, -0.2) is 0 Å². The van der Waals surface area contributed by atoms with Gasteiger partial charge in [0, 0.05) is 23.0 Å². The Bertz CT molecular complexity index is 966. The molecule has 1 fully saturated rings. The molecule has 3 N–H and O–H groups in total. The number of hydrogen-bond acceptors (Lipinski definition) is 4. The first-order valence-electron chi connectivity index (χ1n) is 9.43. The van der Waals surface area contributed by atoms with E-state index in [4.69, 9.17) is 10.5 Å². The van der Waals surface area contributed by atoms with Gasteiger partial charge in [0.2, 0.25) is 0 Å². The molecule has 0 bridgehead atoms. The summed E-state index contributed by atoms with van der Waals surface area (Å²) >= 11 is 0. The largest absolute Gasteiger partial charge is 0.497 e. The summed E-state index contributed by atoms with van der Waals surface area (Å²) in [6.45, 7) is 0. The standard InChI is InChI=1S/C22H22F3N3O2/c1-30-17-10-8-16(9-11-17)27-19-6-3-7-20(18(19)13-26)28-21(29)14-4-2-5-15(12-14)22(23,24)25/h2,4-5,8-13,20H,3,6-7,26H2,1H3,(H,28,29)/b18-13+,27-19?. The number of methoxy groups -OCH3 is 1. The van der Waals surface area contributed by atoms with Crippen LogP contribution in [-0.4, -0.2) is 24.8 Å². The summed E-state index contributed by atoms with van der Waals surface area (Å²) in [7, 11) is 1.58. The van der Waals surface area contributed by atoms with Crippen molar-refractivity contribution >= 4 is 17.3 Å². The number of nitrogens with two attached hydrogens (primary N) is 1. The summed E-state index contributed by atoms with van der Waals surface area (Å²) in [6, 6.07) is 11.1. The van der Waals surface area contributed by atoms with Crippen LogP contribution in [0.3, 0.4) is 0 Å². The van der Waals surface area contributed by atoms with E-state index in [1.165, 1.54) is 18.3 Å². The maximum absolute atomic E-state index is 12.9. The number of ether oxygens (including phenoxy) is 1. The molecular weight excluding hydrogens is 395 g/mol. The number of carbonyl (C=O) groups is 1. The molecule has 0 aromatic heterocycles. The first-order chi connectivity index (χ1) is 14.3. The molecule has 158 valence electrons. The zero-order valence-electron chi connectivity index (χ0n) is 16.4. The Morgan fingerprint density at radius 2 is 1.97 bits per heavy atom. The van der Waals surface area contributed by atoms with E-state index in [1.807, 2.05) is 12.1 Å². The van der Waals surface area contributed by atoms with E-state index < -0.39 is 23.7 Å². The lowest BCUT2D eigenvalue weighted by Gasteiger charge is -2.27. The highest BCUT2D eigenvalue weighted by molar-refractivity contribution is 6.04. The minimum absolute atomic E-state index is 0.0552. The third-order valence-electron chi connectivity index (χ3n) is 4.89. The van der Waals surface area contributed by atoms with E-state index in [1.54, 1.807) is 19.2 Å². The second-order valence-corrected chi connectivity index (χ2v) is 6.88. The van der Waals surface area contributed by atoms with E-state index in [0.717, 1.165) is 30.0 Å². The minimum Gasteiger partial charge on any atom is -0.497 e. The van der Waals surface area contributed by atoms with Crippen molar-refractivity contribution in [1.29, 1.82) is 0 Å². The Kier molecular flexibility index (Phi) is 6.44. The molecule has 2 aromatic carbocycles. The maximum atomic E-state index is 12.9. The normalized spacial score (nSPS) is 19.7. The van der Waals surface area contributed by atoms with Crippen molar-refractivity contribution in [3.05, 3.63) is 71.4 Å². The minimum atomic E-state index is -4.51. The van der Waals surface area contributed by atoms with Crippen LogP contribution in [-0.2, 0) is 6.18 Å². The molecule has 1 aliphatic carbocycles. The van der Waals surface area contributed by atoms with Crippen LogP contribution in [0, 0.1) is 0 Å². The fourth-order valence-corrected chi connectivity index (χ4v) is 3.35. The Balaban J connectivity index is 1.79. The molecule has 1 saturated carbocycles. The molecule has 0 radical (unpaired) electrons. The molecule has 0 spiro atoms. The van der Waals surface area contributed by atoms with Crippen molar-refractivity contribution < 1.29 is 22.7 Å². The number of halogens is 3. The summed E-state index contributed by atoms with van der Waals surface area (Å²) in [4.78, 5) is 17.2. The number of nitrogens with one attached hydrogen (secondary N) is 1. The van der Waals surface area contributed by atoms with E-state index in [0.29, 0.717) is 24.2 Å². The molecule has 0 saturated heterocycles. The van der Waals surface area contributed by atoms with Crippen LogP contribution in [0.15, 0.2) is 65.3 Å². The predicted molar refractivity (Wildman–Crippen MR) is 109 cm³/mol. The van der Waals surface area contributed by atoms with Crippen molar-refractivity contribution in [2.24, 2.45) is 10.7 Å². The Labute approximate surface area is 172 Å². The molecule has 2 aromatic rings. The van der Waals surface area contributed by atoms with E-state index in [-0.39, 0.29) is 5.56 Å². The van der Waals surface area contributed by atoms with Gasteiger partial charge in [-0.15, -0.1) is 0 Å². The fourth-order valence-electron chi connectivity index (χ4n) is 3.35. The van der Waals surface area contributed by atoms with Crippen LogP contribution in [0.4, 0.5) is 18.9 Å². The Morgan fingerprint density at radius 3 is 2.60 bits per heavy atom. The topological polar surface area (TPSA) is 76.7 Å². The third-order valence-corrected chi connectivity index (χ3v) is 4.89. The van der Waals surface area contributed by atoms with Gasteiger partial charge in [-0.3, -0.25) is 9.79 Å². The number of aliphatic imine (C=N–C) groups is 1. The molecule has 1 unspecified atom stereocenters. The molecule has 30 heavy (non-hydrogen) atoms. The van der Waals surface area contributed by atoms with Gasteiger partial charge < -0.3 is 15.8 Å². The predicted octanol–water partition coefficient (Wildman–Crippen LogP) is 4.61. The van der Waals surface area contributed by atoms with E-state index >= 15 is 0 Å². The molecule has 1 aliphatic rings. The monoisotopic (exact) mass is 417 g/mol. The average Bonchev–Trinajstić information content (AvgIpc) is 2.74. The van der Waals surface area contributed by atoms with Crippen molar-refractivity contribution in [2.45, 2.75) is 31.5 Å². The van der Waals surface area contributed by atoms with Gasteiger partial charge in [0.15, 0.2) is 0 Å². The summed E-state index contributed by atoms with van der Waals surface area (Å²) in [5, 5.41) is 2.79. The smallest absolute Gasteiger partial charge is 0.416 e. The zero-order valence-corrected chi connectivity index (χ0v) is 16.4. The molecule has 0 aliphatic heterocycles. The number of hydrogen-bond donors (Lipinski definition) is 2. The van der Waals surface area contributed by atoms with Crippen molar-refractivity contribution in [3.63, 3.8) is 0 Å². The molecule has 8 heteroatoms. The molecule has 3 rings (SSSR count). The second-order valence-electron chi connectivity index (χ2n) is 6.88. The summed E-state index contributed by atoms with van der Waals surface area (Å²) in [5.74, 6) is 0.125. The van der Waals surface area contributed by atoms with Crippen LogP contribution in [0.2, 0.25) is 0 Å². The second kappa shape index (κ2) is 9.02. The Hall–Kier alpha value is -3.29. The van der Waals surface area contributed by atoms with Crippen molar-refractivity contribution in [2.75, 3.05) is 7.11 Å². The number of benzene rings is 2. The lowest BCUT2D eigenvalue weighted by atomic mass is 9.88. The van der Waals surface area contributed by atoms with Gasteiger partial charge in [0.25, 0.3) is 5.91 Å². The van der Waals surface area contributed by atoms with E-state index in [2.05, 4.69) is 10.3 Å². The average molecular weight is 417 g/mol. The van der Waals surface area contributed by atoms with Crippen molar-refractivity contribution in [3.8, 4) is 5.75 Å². The van der Waals surface area contributed by atoms with Gasteiger partial charge >= 0.3 is 6.18 Å². The third kappa shape index (κ3) is 5.00. The lowest BCUT2D eigenvalue weighted by Crippen LogP contribution is -2.41. The summed E-state index contributed by atoms with van der Waals surface area (Å²) < 4.78 is 43.9. The molecule has 1 amide bonds. The van der Waals surface area contributed by atoms with Gasteiger partial charge in [0.1, 0.15) is 5.75 Å². The maximum Gasteiger partial charge on any atom is 0.416 e. The molecule has 1 atom stereocenters. The van der Waals surface area contributed by atoms with Crippen LogP contribution < -0.4 is 15.8 Å². The quantitative estimate of drug-likeness (QED) is 0.763. The highest BCUT2D eigenvalue weighted by Crippen LogP contribution is 2.30. The molecule has 0 heterocycles. The van der Waals surface area contributed by atoms with E-state index in [9.17, 15) is 18.0 Å². The van der Waals surface area contributed by atoms with Gasteiger partial charge in [0.05, 0.1) is 24.4 Å². The van der Waals surface area contributed by atoms with Gasteiger partial charge in [-0.2, -0.15) is 13.2 Å². The lowest BCUT2D eigenvalue weighted by molar-refractivity contribution is -0.137. The van der Waals surface area contributed by atoms with Gasteiger partial charge in [-0.1, -0.05) is 6.07 Å². The van der Waals surface area contributed by atoms with Gasteiger partial charge in [-0.05, 0) is 61.7 Å². The number of rotatable bonds is 4. The number of nitrogens with zero attached hydrogens (tertiary/aromatic N) is 1. The number of alkyl halides is 3. The summed E-state index contributed by atoms with van der Waals surface area (Å²) in [5.41, 5.74) is 7.02. The van der Waals surface area contributed by atoms with Crippen LogP contribution in [0.25, 0.3) is 0 Å². The first kappa shape index (κ1) is 21.4. The van der Waals surface area contributed by atoms with Crippen LogP contribution in [0.1, 0.15) is 35.2 Å². The van der Waals surface area contributed by atoms with Crippen molar-refractivity contribution in [1.82, 2.24) is 5.32 Å². The fraction of sp³-hybridized carbons (Fsp3) is 0.273. The van der Waals surface area contributed by atoms with Crippen LogP contribution >= 0.6 is 0 Å². The molecule has 5 nitrogen and oxygen atoms in total. The van der Waals surface area contributed by atoms with Crippen LogP contribution in [0.5, 0.6) is 5.75 Å². The SMILES string of the molecule is COc1ccc(N=C2CCCC(NC(=O)c3cccc(C(F)(F)F)c3)/C2=C/N)cc1. The first-order valence-corrected chi connectivity index (χ1v) is 9.43. The number of amides is 1. The highest BCUT2D eigenvalue weighted by atomic mass is 19.4. The molecular formula is C22H22F3N3O2. The highest BCUT2D eigenvalue weighted by Gasteiger charge is 2.31.